The maximum atomic E-state index is 10.7. The van der Waals surface area contributed by atoms with Crippen molar-refractivity contribution in [3.63, 3.8) is 0 Å². The van der Waals surface area contributed by atoms with Crippen LogP contribution in [0.25, 0.3) is 10.9 Å². The van der Waals surface area contributed by atoms with Gasteiger partial charge in [-0.2, -0.15) is 0 Å². The summed E-state index contributed by atoms with van der Waals surface area (Å²) in [6.07, 6.45) is 11.3. The number of ether oxygens (including phenoxy) is 1. The number of allylic oxidation sites excluding steroid dienone is 2. The molecule has 1 aromatic carbocycles. The normalized spacial score (nSPS) is 35.2. The van der Waals surface area contributed by atoms with E-state index in [9.17, 15) is 5.11 Å². The van der Waals surface area contributed by atoms with Gasteiger partial charge < -0.3 is 14.8 Å². The van der Waals surface area contributed by atoms with Gasteiger partial charge in [-0.05, 0) is 93.6 Å². The fraction of sp³-hybridized carbons (Fsp3) is 0.636. The van der Waals surface area contributed by atoms with Crippen LogP contribution in [0, 0.1) is 22.7 Å². The second-order valence-electron chi connectivity index (χ2n) is 13.7. The standard InChI is InChI=1S/C33H47NO2/c1-9-30(3,4)29-24(23-12-10-11-13-25(23)34-29)20-22-15-16-26-32(7)19-18-27(31(5,6)35)36-28(32)17-14-21(2)33(22,26)8/h9-14,22,26-28,34-35H,1,15-20H2,2-8H3. The van der Waals surface area contributed by atoms with E-state index in [1.807, 2.05) is 13.8 Å². The van der Waals surface area contributed by atoms with Crippen molar-refractivity contribution in [2.45, 2.75) is 110 Å². The van der Waals surface area contributed by atoms with E-state index < -0.39 is 5.60 Å². The van der Waals surface area contributed by atoms with Crippen LogP contribution in [-0.4, -0.2) is 27.9 Å². The van der Waals surface area contributed by atoms with Crippen LogP contribution in [0.3, 0.4) is 0 Å². The predicted molar refractivity (Wildman–Crippen MR) is 150 cm³/mol. The maximum absolute atomic E-state index is 10.7. The van der Waals surface area contributed by atoms with Crippen LogP contribution in [0.4, 0.5) is 0 Å². The monoisotopic (exact) mass is 489 g/mol. The molecule has 2 fully saturated rings. The van der Waals surface area contributed by atoms with E-state index in [0.717, 1.165) is 25.7 Å². The molecule has 36 heavy (non-hydrogen) atoms. The molecule has 3 nitrogen and oxygen atoms in total. The second-order valence-corrected chi connectivity index (χ2v) is 13.7. The molecule has 6 unspecified atom stereocenters. The van der Waals surface area contributed by atoms with Crippen LogP contribution in [0.1, 0.15) is 91.8 Å². The molecule has 0 amide bonds. The minimum absolute atomic E-state index is 0.0826. The number of rotatable bonds is 5. The molecule has 1 saturated carbocycles. The lowest BCUT2D eigenvalue weighted by Gasteiger charge is -2.53. The average Bonchev–Trinajstić information content (AvgIpc) is 3.35. The topological polar surface area (TPSA) is 45.2 Å². The lowest BCUT2D eigenvalue weighted by atomic mass is 9.56. The first kappa shape index (κ1) is 25.8. The Morgan fingerprint density at radius 2 is 1.86 bits per heavy atom. The van der Waals surface area contributed by atoms with Gasteiger partial charge in [0.2, 0.25) is 0 Å². The lowest BCUT2D eigenvalue weighted by Crippen LogP contribution is -2.54. The van der Waals surface area contributed by atoms with E-state index in [4.69, 9.17) is 4.74 Å². The highest BCUT2D eigenvalue weighted by atomic mass is 16.5. The smallest absolute Gasteiger partial charge is 0.0860 e. The molecule has 0 radical (unpaired) electrons. The molecule has 2 N–H and O–H groups in total. The van der Waals surface area contributed by atoms with Gasteiger partial charge in [0.25, 0.3) is 0 Å². The summed E-state index contributed by atoms with van der Waals surface area (Å²) in [6.45, 7) is 19.9. The van der Waals surface area contributed by atoms with Crippen LogP contribution < -0.4 is 0 Å². The molecule has 3 heteroatoms. The summed E-state index contributed by atoms with van der Waals surface area (Å²) in [5.74, 6) is 1.17. The molecular formula is C33H47NO2. The number of benzene rings is 1. The first-order chi connectivity index (χ1) is 16.8. The molecule has 1 aliphatic heterocycles. The molecule has 0 bridgehead atoms. The Hall–Kier alpha value is -1.84. The van der Waals surface area contributed by atoms with E-state index in [1.165, 1.54) is 35.0 Å². The SMILES string of the molecule is C=CC(C)(C)c1[nH]c2ccccc2c1CC1CCC2C3(C)CCC(C(C)(C)O)OC3CC=C(C)C12C. The first-order valence-corrected chi connectivity index (χ1v) is 14.1. The van der Waals surface area contributed by atoms with Crippen molar-refractivity contribution in [3.8, 4) is 0 Å². The van der Waals surface area contributed by atoms with Gasteiger partial charge in [0.15, 0.2) is 0 Å². The highest BCUT2D eigenvalue weighted by molar-refractivity contribution is 5.85. The highest BCUT2D eigenvalue weighted by Gasteiger charge is 2.59. The molecular weight excluding hydrogens is 442 g/mol. The van der Waals surface area contributed by atoms with Crippen LogP contribution in [0.2, 0.25) is 0 Å². The van der Waals surface area contributed by atoms with Crippen LogP contribution >= 0.6 is 0 Å². The molecule has 1 saturated heterocycles. The Morgan fingerprint density at radius 3 is 2.56 bits per heavy atom. The number of H-pyrrole nitrogens is 1. The van der Waals surface area contributed by atoms with Crippen molar-refractivity contribution >= 4 is 10.9 Å². The summed E-state index contributed by atoms with van der Waals surface area (Å²) in [5.41, 5.74) is 4.93. The zero-order chi connectivity index (χ0) is 26.1. The van der Waals surface area contributed by atoms with Gasteiger partial charge in [0, 0.05) is 22.0 Å². The molecule has 196 valence electrons. The lowest BCUT2D eigenvalue weighted by molar-refractivity contribution is -0.200. The second kappa shape index (κ2) is 8.60. The zero-order valence-corrected chi connectivity index (χ0v) is 23.6. The van der Waals surface area contributed by atoms with E-state index in [2.05, 4.69) is 82.6 Å². The summed E-state index contributed by atoms with van der Waals surface area (Å²) < 4.78 is 6.71. The third-order valence-corrected chi connectivity index (χ3v) is 10.9. The fourth-order valence-electron chi connectivity index (χ4n) is 8.26. The van der Waals surface area contributed by atoms with Crippen molar-refractivity contribution in [2.75, 3.05) is 0 Å². The number of hydrogen-bond donors (Lipinski definition) is 2. The van der Waals surface area contributed by atoms with Crippen LogP contribution in [-0.2, 0) is 16.6 Å². The first-order valence-electron chi connectivity index (χ1n) is 14.1. The third kappa shape index (κ3) is 3.84. The molecule has 6 atom stereocenters. The maximum Gasteiger partial charge on any atom is 0.0860 e. The Labute approximate surface area is 218 Å². The van der Waals surface area contributed by atoms with Crippen molar-refractivity contribution in [3.05, 3.63) is 59.8 Å². The Kier molecular flexibility index (Phi) is 6.16. The number of aliphatic hydroxyl groups is 1. The third-order valence-electron chi connectivity index (χ3n) is 10.9. The molecule has 2 heterocycles. The fourth-order valence-corrected chi connectivity index (χ4v) is 8.26. The summed E-state index contributed by atoms with van der Waals surface area (Å²) in [4.78, 5) is 3.78. The van der Waals surface area contributed by atoms with Gasteiger partial charge in [-0.15, -0.1) is 6.58 Å². The highest BCUT2D eigenvalue weighted by Crippen LogP contribution is 2.64. The van der Waals surface area contributed by atoms with Gasteiger partial charge in [-0.3, -0.25) is 0 Å². The number of aromatic amines is 1. The van der Waals surface area contributed by atoms with Gasteiger partial charge in [0.1, 0.15) is 0 Å². The van der Waals surface area contributed by atoms with Crippen LogP contribution in [0.5, 0.6) is 0 Å². The van der Waals surface area contributed by atoms with Gasteiger partial charge in [-0.1, -0.05) is 63.6 Å². The van der Waals surface area contributed by atoms with Crippen molar-refractivity contribution < 1.29 is 9.84 Å². The number of nitrogens with one attached hydrogen (secondary N) is 1. The number of para-hydroxylation sites is 1. The van der Waals surface area contributed by atoms with E-state index >= 15 is 0 Å². The minimum Gasteiger partial charge on any atom is -0.388 e. The molecule has 3 aliphatic rings. The Balaban J connectivity index is 1.53. The predicted octanol–water partition coefficient (Wildman–Crippen LogP) is 7.88. The van der Waals surface area contributed by atoms with Crippen molar-refractivity contribution in [1.29, 1.82) is 0 Å². The van der Waals surface area contributed by atoms with Crippen molar-refractivity contribution in [2.24, 2.45) is 22.7 Å². The Bertz CT molecular complexity index is 1180. The van der Waals surface area contributed by atoms with Crippen molar-refractivity contribution in [1.82, 2.24) is 4.98 Å². The van der Waals surface area contributed by atoms with Crippen LogP contribution in [0.15, 0.2) is 48.6 Å². The van der Waals surface area contributed by atoms with Gasteiger partial charge in [-0.25, -0.2) is 0 Å². The molecule has 5 rings (SSSR count). The quantitative estimate of drug-likeness (QED) is 0.420. The number of fused-ring (bicyclic) bond motifs is 4. The van der Waals surface area contributed by atoms with E-state index in [0.29, 0.717) is 11.8 Å². The zero-order valence-electron chi connectivity index (χ0n) is 23.6. The summed E-state index contributed by atoms with van der Waals surface area (Å²) in [6, 6.07) is 8.80. The number of aromatic nitrogens is 1. The van der Waals surface area contributed by atoms with Gasteiger partial charge in [0.05, 0.1) is 17.8 Å². The summed E-state index contributed by atoms with van der Waals surface area (Å²) >= 11 is 0. The molecule has 2 aromatic rings. The molecule has 2 aliphatic carbocycles. The number of hydrogen-bond acceptors (Lipinski definition) is 2. The molecule has 0 spiro atoms. The Morgan fingerprint density at radius 1 is 1.14 bits per heavy atom. The van der Waals surface area contributed by atoms with E-state index in [1.54, 1.807) is 5.57 Å². The van der Waals surface area contributed by atoms with E-state index in [-0.39, 0.29) is 28.5 Å². The molecule has 1 aromatic heterocycles. The van der Waals surface area contributed by atoms with Gasteiger partial charge >= 0.3 is 0 Å². The summed E-state index contributed by atoms with van der Waals surface area (Å²) in [7, 11) is 0. The largest absolute Gasteiger partial charge is 0.388 e. The summed E-state index contributed by atoms with van der Waals surface area (Å²) in [5, 5.41) is 12.1. The average molecular weight is 490 g/mol. The minimum atomic E-state index is -0.794.